The molecule has 1 atom stereocenters. The fourth-order valence-corrected chi connectivity index (χ4v) is 4.39. The molecule has 2 aromatic carbocycles. The molecule has 0 aromatic heterocycles. The minimum atomic E-state index is -4.64. The van der Waals surface area contributed by atoms with Gasteiger partial charge in [0.25, 0.3) is 5.91 Å². The molecule has 1 aliphatic heterocycles. The van der Waals surface area contributed by atoms with Crippen molar-refractivity contribution in [2.24, 2.45) is 17.4 Å². The third-order valence-corrected chi connectivity index (χ3v) is 6.52. The quantitative estimate of drug-likeness (QED) is 0.324. The van der Waals surface area contributed by atoms with Crippen molar-refractivity contribution in [2.45, 2.75) is 31.6 Å². The van der Waals surface area contributed by atoms with Crippen LogP contribution < -0.4 is 27.8 Å². The van der Waals surface area contributed by atoms with E-state index in [2.05, 4.69) is 15.5 Å². The van der Waals surface area contributed by atoms with Crippen LogP contribution in [-0.4, -0.2) is 48.3 Å². The van der Waals surface area contributed by atoms with Crippen LogP contribution in [0.1, 0.15) is 34.3 Å². The van der Waals surface area contributed by atoms with E-state index in [4.69, 9.17) is 28.8 Å². The Balaban J connectivity index is 1.52. The Kier molecular flexibility index (Phi) is 9.00. The molecular weight excluding hydrogens is 513 g/mol. The molecule has 0 bridgehead atoms. The van der Waals surface area contributed by atoms with Crippen LogP contribution in [0, 0.1) is 5.92 Å². The van der Waals surface area contributed by atoms with E-state index in [1.807, 2.05) is 0 Å². The minimum Gasteiger partial charge on any atom is -0.398 e. The predicted octanol–water partition coefficient (Wildman–Crippen LogP) is 2.97. The van der Waals surface area contributed by atoms with Gasteiger partial charge < -0.3 is 27.8 Å². The van der Waals surface area contributed by atoms with Crippen LogP contribution in [-0.2, 0) is 17.5 Å². The standard InChI is InChI=1S/C24H28ClF3N6O3/c25-16-3-1-14(19(10-16)33-23(31)37)12-34-7-5-13(6-8-34)21(30)20(35)11-32-22(36)17-9-15(24(26,27)28)2-4-18(17)29/h1-4,9-10,13,21H,5-8,11-12,29-30H2,(H,32,36)(H3,31,33,37). The number of nitrogens with zero attached hydrogens (tertiary/aromatic N) is 1. The van der Waals surface area contributed by atoms with Crippen molar-refractivity contribution < 1.29 is 27.6 Å². The average Bonchev–Trinajstić information content (AvgIpc) is 2.83. The van der Waals surface area contributed by atoms with Crippen LogP contribution in [0.25, 0.3) is 0 Å². The fraction of sp³-hybridized carbons (Fsp3) is 0.375. The van der Waals surface area contributed by atoms with E-state index in [0.29, 0.717) is 49.3 Å². The van der Waals surface area contributed by atoms with E-state index in [1.54, 1.807) is 18.2 Å². The summed E-state index contributed by atoms with van der Waals surface area (Å²) in [6.07, 6.45) is -3.40. The van der Waals surface area contributed by atoms with E-state index in [0.717, 1.165) is 17.7 Å². The number of anilines is 2. The molecular formula is C24H28ClF3N6O3. The van der Waals surface area contributed by atoms with Crippen molar-refractivity contribution >= 4 is 40.7 Å². The molecule has 9 nitrogen and oxygen atoms in total. The van der Waals surface area contributed by atoms with Gasteiger partial charge in [-0.05, 0) is 67.7 Å². The number of piperidine rings is 1. The third kappa shape index (κ3) is 7.57. The van der Waals surface area contributed by atoms with E-state index in [-0.39, 0.29) is 17.2 Å². The first kappa shape index (κ1) is 28.2. The molecule has 2 aromatic rings. The Bertz CT molecular complexity index is 1170. The van der Waals surface area contributed by atoms with Crippen molar-refractivity contribution in [3.05, 3.63) is 58.1 Å². The molecule has 3 amide bonds. The number of amides is 3. The van der Waals surface area contributed by atoms with Crippen molar-refractivity contribution in [3.8, 4) is 0 Å². The number of carbonyl (C=O) groups excluding carboxylic acids is 3. The van der Waals surface area contributed by atoms with Crippen LogP contribution in [0.15, 0.2) is 36.4 Å². The number of hydrogen-bond donors (Lipinski definition) is 5. The molecule has 0 saturated carbocycles. The van der Waals surface area contributed by atoms with Gasteiger partial charge in [0.15, 0.2) is 5.78 Å². The molecule has 13 heteroatoms. The topological polar surface area (TPSA) is 157 Å². The molecule has 1 aliphatic rings. The Morgan fingerprint density at radius 3 is 2.41 bits per heavy atom. The number of ketones is 1. The highest BCUT2D eigenvalue weighted by molar-refractivity contribution is 6.31. The summed E-state index contributed by atoms with van der Waals surface area (Å²) in [5.74, 6) is -1.45. The van der Waals surface area contributed by atoms with Crippen molar-refractivity contribution in [1.82, 2.24) is 10.2 Å². The molecule has 200 valence electrons. The van der Waals surface area contributed by atoms with Gasteiger partial charge in [-0.3, -0.25) is 14.5 Å². The van der Waals surface area contributed by atoms with Crippen molar-refractivity contribution in [2.75, 3.05) is 30.7 Å². The lowest BCUT2D eigenvalue weighted by Gasteiger charge is -2.34. The second-order valence-electron chi connectivity index (χ2n) is 8.88. The summed E-state index contributed by atoms with van der Waals surface area (Å²) >= 11 is 6.01. The maximum atomic E-state index is 13.0. The molecule has 3 rings (SSSR count). The van der Waals surface area contributed by atoms with Gasteiger partial charge >= 0.3 is 12.2 Å². The lowest BCUT2D eigenvalue weighted by molar-refractivity contribution is -0.137. The smallest absolute Gasteiger partial charge is 0.398 e. The maximum Gasteiger partial charge on any atom is 0.416 e. The van der Waals surface area contributed by atoms with Crippen LogP contribution in [0.4, 0.5) is 29.3 Å². The highest BCUT2D eigenvalue weighted by Gasteiger charge is 2.32. The molecule has 1 heterocycles. The number of hydrogen-bond acceptors (Lipinski definition) is 6. The van der Waals surface area contributed by atoms with Crippen LogP contribution >= 0.6 is 11.6 Å². The summed E-state index contributed by atoms with van der Waals surface area (Å²) in [6, 6.07) is 6.01. The number of halogens is 4. The van der Waals surface area contributed by atoms with Gasteiger partial charge in [-0.1, -0.05) is 17.7 Å². The number of nitrogens with two attached hydrogens (primary N) is 3. The Hall–Kier alpha value is -3.35. The van der Waals surface area contributed by atoms with Crippen molar-refractivity contribution in [3.63, 3.8) is 0 Å². The highest BCUT2D eigenvalue weighted by atomic mass is 35.5. The van der Waals surface area contributed by atoms with Crippen LogP contribution in [0.5, 0.6) is 0 Å². The first-order valence-electron chi connectivity index (χ1n) is 11.5. The minimum absolute atomic E-state index is 0.132. The van der Waals surface area contributed by atoms with Crippen LogP contribution in [0.2, 0.25) is 5.02 Å². The number of primary amides is 1. The molecule has 37 heavy (non-hydrogen) atoms. The number of benzene rings is 2. The molecule has 1 saturated heterocycles. The number of nitrogens with one attached hydrogen (secondary N) is 2. The number of Topliss-reactive ketones (excluding diaryl/α,β-unsaturated/α-hetero) is 1. The monoisotopic (exact) mass is 540 g/mol. The van der Waals surface area contributed by atoms with E-state index >= 15 is 0 Å². The largest absolute Gasteiger partial charge is 0.416 e. The van der Waals surface area contributed by atoms with E-state index in [9.17, 15) is 27.6 Å². The first-order chi connectivity index (χ1) is 17.3. The van der Waals surface area contributed by atoms with Gasteiger partial charge in [0.05, 0.1) is 23.7 Å². The summed E-state index contributed by atoms with van der Waals surface area (Å²) in [4.78, 5) is 38.4. The number of carbonyl (C=O) groups is 3. The molecule has 0 aliphatic carbocycles. The summed E-state index contributed by atoms with van der Waals surface area (Å²) in [5, 5.41) is 5.34. The average molecular weight is 541 g/mol. The predicted molar refractivity (Wildman–Crippen MR) is 134 cm³/mol. The van der Waals surface area contributed by atoms with Gasteiger partial charge in [0, 0.05) is 22.9 Å². The van der Waals surface area contributed by atoms with E-state index in [1.165, 1.54) is 0 Å². The van der Waals surface area contributed by atoms with Gasteiger partial charge in [-0.15, -0.1) is 0 Å². The highest BCUT2D eigenvalue weighted by Crippen LogP contribution is 2.31. The van der Waals surface area contributed by atoms with Gasteiger partial charge in [0.1, 0.15) is 0 Å². The summed E-state index contributed by atoms with van der Waals surface area (Å²) in [7, 11) is 0. The van der Waals surface area contributed by atoms with E-state index < -0.39 is 42.0 Å². The summed E-state index contributed by atoms with van der Waals surface area (Å²) in [5.41, 5.74) is 16.9. The van der Waals surface area contributed by atoms with Crippen LogP contribution in [0.3, 0.4) is 0 Å². The fourth-order valence-electron chi connectivity index (χ4n) is 4.22. The SMILES string of the molecule is NC(=O)Nc1cc(Cl)ccc1CN1CCC(C(N)C(=O)CNC(=O)c2cc(C(F)(F)F)ccc2N)CC1. The number of alkyl halides is 3. The normalized spacial score (nSPS) is 15.7. The molecule has 8 N–H and O–H groups in total. The Morgan fingerprint density at radius 2 is 1.78 bits per heavy atom. The molecule has 1 fully saturated rings. The zero-order valence-corrected chi connectivity index (χ0v) is 20.5. The second-order valence-corrected chi connectivity index (χ2v) is 9.32. The number of likely N-dealkylation sites (tertiary alicyclic amines) is 1. The molecule has 1 unspecified atom stereocenters. The number of nitrogen functional groups attached to an aromatic ring is 1. The Morgan fingerprint density at radius 1 is 1.11 bits per heavy atom. The zero-order chi connectivity index (χ0) is 27.3. The molecule has 0 spiro atoms. The van der Waals surface area contributed by atoms with Gasteiger partial charge in [-0.25, -0.2) is 4.79 Å². The lowest BCUT2D eigenvalue weighted by atomic mass is 9.87. The first-order valence-corrected chi connectivity index (χ1v) is 11.8. The van der Waals surface area contributed by atoms with Gasteiger partial charge in [-0.2, -0.15) is 13.2 Å². The number of rotatable bonds is 8. The van der Waals surface area contributed by atoms with Crippen molar-refractivity contribution in [1.29, 1.82) is 0 Å². The zero-order valence-electron chi connectivity index (χ0n) is 19.8. The summed E-state index contributed by atoms with van der Waals surface area (Å²) < 4.78 is 38.9. The third-order valence-electron chi connectivity index (χ3n) is 6.28. The maximum absolute atomic E-state index is 13.0. The second kappa shape index (κ2) is 11.8. The number of urea groups is 1. The Labute approximate surface area is 216 Å². The lowest BCUT2D eigenvalue weighted by Crippen LogP contribution is -2.47. The molecule has 0 radical (unpaired) electrons. The summed E-state index contributed by atoms with van der Waals surface area (Å²) in [6.45, 7) is 1.37. The van der Waals surface area contributed by atoms with Gasteiger partial charge in [0.2, 0.25) is 0 Å².